The van der Waals surface area contributed by atoms with Gasteiger partial charge in [0.15, 0.2) is 0 Å². The second-order valence-corrected chi connectivity index (χ2v) is 6.81. The van der Waals surface area contributed by atoms with Crippen molar-refractivity contribution in [1.82, 2.24) is 10.3 Å². The molecule has 0 aliphatic carbocycles. The molecule has 0 aliphatic heterocycles. The van der Waals surface area contributed by atoms with Gasteiger partial charge in [-0.05, 0) is 41.3 Å². The van der Waals surface area contributed by atoms with Gasteiger partial charge in [-0.2, -0.15) is 0 Å². The lowest BCUT2D eigenvalue weighted by molar-refractivity contribution is -0.112. The summed E-state index contributed by atoms with van der Waals surface area (Å²) in [6.45, 7) is 6.46. The maximum Gasteiger partial charge on any atom is 0.253 e. The standard InChI is InChI=1S/C20H23N3O2/c1-20(2,3)10-9-18(24)23-17-8-4-6-15(12-17)13-22-19(25)16-7-5-11-21-14-16/h4-12,14H,13H2,1-3H3,(H,22,25)(H,23,24)/b10-9+. The summed E-state index contributed by atoms with van der Waals surface area (Å²) in [6, 6.07) is 10.8. The van der Waals surface area contributed by atoms with Crippen LogP contribution >= 0.6 is 0 Å². The van der Waals surface area contributed by atoms with Crippen LogP contribution in [0.2, 0.25) is 0 Å². The zero-order valence-corrected chi connectivity index (χ0v) is 14.7. The van der Waals surface area contributed by atoms with Crippen molar-refractivity contribution in [3.63, 3.8) is 0 Å². The minimum Gasteiger partial charge on any atom is -0.348 e. The molecule has 1 aromatic carbocycles. The minimum atomic E-state index is -0.185. The van der Waals surface area contributed by atoms with Gasteiger partial charge >= 0.3 is 0 Å². The molecule has 0 saturated heterocycles. The zero-order valence-electron chi connectivity index (χ0n) is 14.7. The highest BCUT2D eigenvalue weighted by molar-refractivity contribution is 5.99. The summed E-state index contributed by atoms with van der Waals surface area (Å²) < 4.78 is 0. The first-order valence-corrected chi connectivity index (χ1v) is 8.11. The number of allylic oxidation sites excluding steroid dienone is 1. The molecular formula is C20H23N3O2. The topological polar surface area (TPSA) is 71.1 Å². The Morgan fingerprint density at radius 1 is 1.16 bits per heavy atom. The van der Waals surface area contributed by atoms with Crippen LogP contribution in [0.25, 0.3) is 0 Å². The number of aromatic nitrogens is 1. The Bertz CT molecular complexity index is 762. The number of nitrogens with zero attached hydrogens (tertiary/aromatic N) is 1. The number of hydrogen-bond donors (Lipinski definition) is 2. The van der Waals surface area contributed by atoms with Gasteiger partial charge in [0, 0.05) is 24.6 Å². The molecular weight excluding hydrogens is 314 g/mol. The van der Waals surface area contributed by atoms with E-state index in [-0.39, 0.29) is 17.2 Å². The predicted octanol–water partition coefficient (Wildman–Crippen LogP) is 3.55. The first kappa shape index (κ1) is 18.4. The van der Waals surface area contributed by atoms with Crippen molar-refractivity contribution in [2.75, 3.05) is 5.32 Å². The highest BCUT2D eigenvalue weighted by atomic mass is 16.2. The van der Waals surface area contributed by atoms with Crippen LogP contribution in [0.1, 0.15) is 36.7 Å². The molecule has 0 saturated carbocycles. The first-order chi connectivity index (χ1) is 11.8. The molecule has 2 aromatic rings. The Labute approximate surface area is 148 Å². The summed E-state index contributed by atoms with van der Waals surface area (Å²) in [4.78, 5) is 27.9. The number of anilines is 1. The molecule has 0 atom stereocenters. The van der Waals surface area contributed by atoms with Crippen LogP contribution in [0.15, 0.2) is 60.9 Å². The number of pyridine rings is 1. The summed E-state index contributed by atoms with van der Waals surface area (Å²) in [5.41, 5.74) is 2.06. The van der Waals surface area contributed by atoms with E-state index in [1.807, 2.05) is 51.1 Å². The number of benzene rings is 1. The lowest BCUT2D eigenvalue weighted by Gasteiger charge is -2.11. The summed E-state index contributed by atoms with van der Waals surface area (Å²) in [6.07, 6.45) is 6.54. The maximum atomic E-state index is 12.0. The number of nitrogens with one attached hydrogen (secondary N) is 2. The summed E-state index contributed by atoms with van der Waals surface area (Å²) in [7, 11) is 0. The van der Waals surface area contributed by atoms with E-state index in [1.165, 1.54) is 12.3 Å². The second-order valence-electron chi connectivity index (χ2n) is 6.81. The van der Waals surface area contributed by atoms with Gasteiger partial charge in [0.25, 0.3) is 5.91 Å². The van der Waals surface area contributed by atoms with Crippen molar-refractivity contribution in [2.45, 2.75) is 27.3 Å². The summed E-state index contributed by atoms with van der Waals surface area (Å²) >= 11 is 0. The van der Waals surface area contributed by atoms with Gasteiger partial charge in [0.1, 0.15) is 0 Å². The van der Waals surface area contributed by atoms with E-state index >= 15 is 0 Å². The van der Waals surface area contributed by atoms with E-state index in [1.54, 1.807) is 18.3 Å². The Morgan fingerprint density at radius 3 is 2.64 bits per heavy atom. The Hall–Kier alpha value is -2.95. The van der Waals surface area contributed by atoms with Gasteiger partial charge in [-0.1, -0.05) is 39.0 Å². The monoisotopic (exact) mass is 337 g/mol. The van der Waals surface area contributed by atoms with Crippen molar-refractivity contribution < 1.29 is 9.59 Å². The first-order valence-electron chi connectivity index (χ1n) is 8.11. The number of carbonyl (C=O) groups is 2. The lowest BCUT2D eigenvalue weighted by atomic mass is 9.96. The molecule has 0 radical (unpaired) electrons. The number of carbonyl (C=O) groups excluding carboxylic acids is 2. The maximum absolute atomic E-state index is 12.0. The van der Waals surface area contributed by atoms with E-state index in [2.05, 4.69) is 15.6 Å². The molecule has 2 amide bonds. The van der Waals surface area contributed by atoms with E-state index < -0.39 is 0 Å². The van der Waals surface area contributed by atoms with Gasteiger partial charge in [-0.3, -0.25) is 14.6 Å². The molecule has 130 valence electrons. The number of hydrogen-bond acceptors (Lipinski definition) is 3. The van der Waals surface area contributed by atoms with Crippen molar-refractivity contribution in [3.8, 4) is 0 Å². The SMILES string of the molecule is CC(C)(C)/C=C/C(=O)Nc1cccc(CNC(=O)c2cccnc2)c1. The fourth-order valence-corrected chi connectivity index (χ4v) is 2.05. The van der Waals surface area contributed by atoms with Gasteiger partial charge in [-0.15, -0.1) is 0 Å². The molecule has 1 aromatic heterocycles. The smallest absolute Gasteiger partial charge is 0.253 e. The number of amides is 2. The Kier molecular flexibility index (Phi) is 6.06. The van der Waals surface area contributed by atoms with Crippen LogP contribution < -0.4 is 10.6 Å². The molecule has 2 rings (SSSR count). The van der Waals surface area contributed by atoms with Crippen LogP contribution in [0.3, 0.4) is 0 Å². The molecule has 0 aliphatic rings. The van der Waals surface area contributed by atoms with E-state index in [0.717, 1.165) is 5.56 Å². The third-order valence-corrected chi connectivity index (χ3v) is 3.31. The van der Waals surface area contributed by atoms with E-state index in [0.29, 0.717) is 17.8 Å². The van der Waals surface area contributed by atoms with Crippen LogP contribution in [0.5, 0.6) is 0 Å². The predicted molar refractivity (Wildman–Crippen MR) is 99.1 cm³/mol. The van der Waals surface area contributed by atoms with E-state index in [9.17, 15) is 9.59 Å². The van der Waals surface area contributed by atoms with E-state index in [4.69, 9.17) is 0 Å². The molecule has 2 N–H and O–H groups in total. The quantitative estimate of drug-likeness (QED) is 0.820. The highest BCUT2D eigenvalue weighted by Gasteiger charge is 2.07. The van der Waals surface area contributed by atoms with Gasteiger partial charge in [0.2, 0.25) is 5.91 Å². The van der Waals surface area contributed by atoms with Crippen LogP contribution in [0, 0.1) is 5.41 Å². The molecule has 5 heteroatoms. The Balaban J connectivity index is 1.94. The van der Waals surface area contributed by atoms with Crippen molar-refractivity contribution >= 4 is 17.5 Å². The molecule has 0 spiro atoms. The summed E-state index contributed by atoms with van der Waals surface area (Å²) in [5.74, 6) is -0.359. The average Bonchev–Trinajstić information content (AvgIpc) is 2.58. The second kappa shape index (κ2) is 8.24. The average molecular weight is 337 g/mol. The van der Waals surface area contributed by atoms with Crippen molar-refractivity contribution in [3.05, 3.63) is 72.1 Å². The van der Waals surface area contributed by atoms with Crippen LogP contribution in [-0.4, -0.2) is 16.8 Å². The molecule has 25 heavy (non-hydrogen) atoms. The molecule has 0 bridgehead atoms. The van der Waals surface area contributed by atoms with Crippen molar-refractivity contribution in [1.29, 1.82) is 0 Å². The van der Waals surface area contributed by atoms with Gasteiger partial charge < -0.3 is 10.6 Å². The fourth-order valence-electron chi connectivity index (χ4n) is 2.05. The third-order valence-electron chi connectivity index (χ3n) is 3.31. The normalized spacial score (nSPS) is 11.3. The largest absolute Gasteiger partial charge is 0.348 e. The minimum absolute atomic E-state index is 0.0459. The highest BCUT2D eigenvalue weighted by Crippen LogP contribution is 2.15. The molecule has 0 fully saturated rings. The Morgan fingerprint density at radius 2 is 1.96 bits per heavy atom. The zero-order chi connectivity index (χ0) is 18.3. The molecule has 0 unspecified atom stereocenters. The third kappa shape index (κ3) is 6.59. The molecule has 5 nitrogen and oxygen atoms in total. The lowest BCUT2D eigenvalue weighted by Crippen LogP contribution is -2.22. The fraction of sp³-hybridized carbons (Fsp3) is 0.250. The van der Waals surface area contributed by atoms with Gasteiger partial charge in [-0.25, -0.2) is 0 Å². The van der Waals surface area contributed by atoms with Crippen molar-refractivity contribution in [2.24, 2.45) is 5.41 Å². The summed E-state index contributed by atoms with van der Waals surface area (Å²) in [5, 5.41) is 5.66. The van der Waals surface area contributed by atoms with Gasteiger partial charge in [0.05, 0.1) is 5.56 Å². The van der Waals surface area contributed by atoms with Crippen LogP contribution in [-0.2, 0) is 11.3 Å². The van der Waals surface area contributed by atoms with Crippen LogP contribution in [0.4, 0.5) is 5.69 Å². The number of rotatable bonds is 5. The molecule has 1 heterocycles.